The van der Waals surface area contributed by atoms with Crippen LogP contribution in [0.4, 0.5) is 5.69 Å². The molecule has 1 amide bonds. The molecule has 0 aliphatic rings. The summed E-state index contributed by atoms with van der Waals surface area (Å²) in [6, 6.07) is 18.1. The Balaban J connectivity index is 1.61. The lowest BCUT2D eigenvalue weighted by atomic mass is 10.2. The molecule has 27 heavy (non-hydrogen) atoms. The Morgan fingerprint density at radius 3 is 2.56 bits per heavy atom. The lowest BCUT2D eigenvalue weighted by Gasteiger charge is -2.07. The second-order valence-corrected chi connectivity index (χ2v) is 6.64. The van der Waals surface area contributed by atoms with Crippen LogP contribution in [-0.2, 0) is 4.79 Å². The number of benzene rings is 2. The van der Waals surface area contributed by atoms with Crippen LogP contribution in [0.2, 0.25) is 10.0 Å². The van der Waals surface area contributed by atoms with Gasteiger partial charge in [0.1, 0.15) is 11.5 Å². The summed E-state index contributed by atoms with van der Waals surface area (Å²) in [6.07, 6.45) is 2.88. The minimum atomic E-state index is -0.373. The number of furan rings is 1. The van der Waals surface area contributed by atoms with E-state index in [1.54, 1.807) is 36.4 Å². The summed E-state index contributed by atoms with van der Waals surface area (Å²) in [5, 5.41) is 6.56. The molecular weight excluding hydrogens is 403 g/mol. The summed E-state index contributed by atoms with van der Waals surface area (Å²) in [5.74, 6) is 0.684. The monoisotopic (exact) mass is 416 g/mol. The van der Waals surface area contributed by atoms with Gasteiger partial charge in [-0.2, -0.15) is 0 Å². The smallest absolute Gasteiger partial charge is 0.250 e. The number of para-hydroxylation sites is 1. The molecule has 0 radical (unpaired) electrons. The van der Waals surface area contributed by atoms with Gasteiger partial charge in [-0.1, -0.05) is 47.5 Å². The van der Waals surface area contributed by atoms with Gasteiger partial charge >= 0.3 is 0 Å². The Morgan fingerprint density at radius 1 is 1.00 bits per heavy atom. The predicted octanol–water partition coefficient (Wildman–Crippen LogP) is 5.78. The number of halogens is 2. The van der Waals surface area contributed by atoms with Crippen molar-refractivity contribution in [3.8, 4) is 11.3 Å². The second-order valence-electron chi connectivity index (χ2n) is 5.45. The van der Waals surface area contributed by atoms with Crippen molar-refractivity contribution in [1.29, 1.82) is 0 Å². The third kappa shape index (κ3) is 5.20. The fourth-order valence-electron chi connectivity index (χ4n) is 2.28. The van der Waals surface area contributed by atoms with Crippen LogP contribution in [0.25, 0.3) is 17.4 Å². The molecule has 4 nitrogen and oxygen atoms in total. The van der Waals surface area contributed by atoms with Gasteiger partial charge in [0.05, 0.1) is 10.0 Å². The maximum Gasteiger partial charge on any atom is 0.250 e. The minimum Gasteiger partial charge on any atom is -0.457 e. The van der Waals surface area contributed by atoms with Crippen molar-refractivity contribution >= 4 is 58.2 Å². The third-order valence-electron chi connectivity index (χ3n) is 3.51. The molecule has 0 fully saturated rings. The first kappa shape index (κ1) is 19.2. The van der Waals surface area contributed by atoms with Gasteiger partial charge in [0.15, 0.2) is 5.11 Å². The average molecular weight is 417 g/mol. The fourth-order valence-corrected chi connectivity index (χ4v) is 2.89. The van der Waals surface area contributed by atoms with Crippen LogP contribution in [0.1, 0.15) is 5.76 Å². The molecule has 0 atom stereocenters. The van der Waals surface area contributed by atoms with Gasteiger partial charge in [-0.15, -0.1) is 0 Å². The third-order valence-corrected chi connectivity index (χ3v) is 4.53. The van der Waals surface area contributed by atoms with E-state index in [0.717, 1.165) is 5.69 Å². The zero-order valence-electron chi connectivity index (χ0n) is 13.9. The Bertz CT molecular complexity index is 1000. The van der Waals surface area contributed by atoms with Gasteiger partial charge in [-0.05, 0) is 54.7 Å². The van der Waals surface area contributed by atoms with Crippen molar-refractivity contribution in [3.63, 3.8) is 0 Å². The number of thiocarbonyl (C=S) groups is 1. The van der Waals surface area contributed by atoms with Crippen LogP contribution < -0.4 is 10.6 Å². The molecule has 0 spiro atoms. The van der Waals surface area contributed by atoms with Gasteiger partial charge < -0.3 is 9.73 Å². The minimum absolute atomic E-state index is 0.210. The summed E-state index contributed by atoms with van der Waals surface area (Å²) in [4.78, 5) is 12.0. The van der Waals surface area contributed by atoms with E-state index in [9.17, 15) is 4.79 Å². The van der Waals surface area contributed by atoms with Gasteiger partial charge in [-0.25, -0.2) is 0 Å². The number of nitrogens with one attached hydrogen (secondary N) is 2. The molecule has 0 unspecified atom stereocenters. The molecule has 0 aliphatic carbocycles. The van der Waals surface area contributed by atoms with Gasteiger partial charge in [-0.3, -0.25) is 10.1 Å². The topological polar surface area (TPSA) is 54.3 Å². The van der Waals surface area contributed by atoms with Crippen molar-refractivity contribution in [2.24, 2.45) is 0 Å². The van der Waals surface area contributed by atoms with Crippen molar-refractivity contribution in [2.75, 3.05) is 5.32 Å². The van der Waals surface area contributed by atoms with E-state index in [1.807, 2.05) is 30.3 Å². The zero-order valence-corrected chi connectivity index (χ0v) is 16.2. The molecule has 2 aromatic carbocycles. The normalized spacial score (nSPS) is 10.7. The van der Waals surface area contributed by atoms with E-state index in [0.29, 0.717) is 27.1 Å². The molecule has 2 N–H and O–H groups in total. The van der Waals surface area contributed by atoms with Crippen molar-refractivity contribution in [2.45, 2.75) is 0 Å². The van der Waals surface area contributed by atoms with Crippen molar-refractivity contribution < 1.29 is 9.21 Å². The Morgan fingerprint density at radius 2 is 1.78 bits per heavy atom. The van der Waals surface area contributed by atoms with Crippen LogP contribution >= 0.6 is 35.4 Å². The number of hydrogen-bond donors (Lipinski definition) is 2. The Labute approximate surface area is 171 Å². The van der Waals surface area contributed by atoms with Crippen LogP contribution in [-0.4, -0.2) is 11.0 Å². The molecular formula is C20H14Cl2N2O2S. The number of amides is 1. The zero-order chi connectivity index (χ0) is 19.2. The number of carbonyl (C=O) groups is 1. The van der Waals surface area contributed by atoms with Gasteiger partial charge in [0.2, 0.25) is 5.91 Å². The number of hydrogen-bond acceptors (Lipinski definition) is 3. The summed E-state index contributed by atoms with van der Waals surface area (Å²) in [5.41, 5.74) is 1.47. The fraction of sp³-hybridized carbons (Fsp3) is 0. The Hall–Kier alpha value is -2.60. The number of anilines is 1. The summed E-state index contributed by atoms with van der Waals surface area (Å²) >= 11 is 17.3. The van der Waals surface area contributed by atoms with Crippen molar-refractivity contribution in [1.82, 2.24) is 5.32 Å². The quantitative estimate of drug-likeness (QED) is 0.418. The highest BCUT2D eigenvalue weighted by atomic mass is 35.5. The summed E-state index contributed by atoms with van der Waals surface area (Å²) in [7, 11) is 0. The van der Waals surface area contributed by atoms with Crippen molar-refractivity contribution in [3.05, 3.63) is 82.5 Å². The molecule has 3 rings (SSSR count). The summed E-state index contributed by atoms with van der Waals surface area (Å²) in [6.45, 7) is 0. The van der Waals surface area contributed by atoms with E-state index < -0.39 is 0 Å². The first-order chi connectivity index (χ1) is 13.0. The maximum atomic E-state index is 12.0. The molecule has 0 aliphatic heterocycles. The Kier molecular flexibility index (Phi) is 6.29. The lowest BCUT2D eigenvalue weighted by molar-refractivity contribution is -0.115. The van der Waals surface area contributed by atoms with Crippen LogP contribution in [0.5, 0.6) is 0 Å². The molecule has 1 heterocycles. The highest BCUT2D eigenvalue weighted by Gasteiger charge is 2.10. The van der Waals surface area contributed by atoms with E-state index in [2.05, 4.69) is 10.6 Å². The van der Waals surface area contributed by atoms with Gasteiger partial charge in [0.25, 0.3) is 0 Å². The van der Waals surface area contributed by atoms with Gasteiger partial charge in [0, 0.05) is 17.3 Å². The molecule has 136 valence electrons. The van der Waals surface area contributed by atoms with E-state index in [1.165, 1.54) is 6.08 Å². The standard InChI is InChI=1S/C20H14Cl2N2O2S/c21-16-8-4-7-15(19(16)22)17-11-9-14(26-17)10-12-18(25)24-20(27)23-13-5-2-1-3-6-13/h1-12H,(H2,23,24,25,27). The molecule has 1 aromatic heterocycles. The van der Waals surface area contributed by atoms with Crippen LogP contribution in [0, 0.1) is 0 Å². The molecule has 0 bridgehead atoms. The SMILES string of the molecule is O=C(C=Cc1ccc(-c2cccc(Cl)c2Cl)o1)NC(=S)Nc1ccccc1. The van der Waals surface area contributed by atoms with Crippen LogP contribution in [0.15, 0.2) is 71.2 Å². The number of carbonyl (C=O) groups excluding carboxylic acids is 1. The average Bonchev–Trinajstić information content (AvgIpc) is 3.12. The first-order valence-electron chi connectivity index (χ1n) is 7.92. The molecule has 0 saturated heterocycles. The lowest BCUT2D eigenvalue weighted by Crippen LogP contribution is -2.32. The predicted molar refractivity (Wildman–Crippen MR) is 114 cm³/mol. The van der Waals surface area contributed by atoms with E-state index >= 15 is 0 Å². The number of rotatable bonds is 4. The largest absolute Gasteiger partial charge is 0.457 e. The highest BCUT2D eigenvalue weighted by molar-refractivity contribution is 7.80. The molecule has 3 aromatic rings. The van der Waals surface area contributed by atoms with E-state index in [-0.39, 0.29) is 11.0 Å². The molecule has 0 saturated carbocycles. The van der Waals surface area contributed by atoms with Crippen LogP contribution in [0.3, 0.4) is 0 Å². The highest BCUT2D eigenvalue weighted by Crippen LogP contribution is 2.34. The summed E-state index contributed by atoms with van der Waals surface area (Å²) < 4.78 is 5.70. The maximum absolute atomic E-state index is 12.0. The second kappa shape index (κ2) is 8.86. The first-order valence-corrected chi connectivity index (χ1v) is 9.08. The van der Waals surface area contributed by atoms with E-state index in [4.69, 9.17) is 39.8 Å². The molecule has 7 heteroatoms.